The predicted molar refractivity (Wildman–Crippen MR) is 139 cm³/mol. The second-order valence-corrected chi connectivity index (χ2v) is 9.03. The van der Waals surface area contributed by atoms with Gasteiger partial charge in [-0.3, -0.25) is 9.59 Å². The van der Waals surface area contributed by atoms with E-state index in [1.165, 1.54) is 0 Å². The van der Waals surface area contributed by atoms with Gasteiger partial charge in [-0.2, -0.15) is 0 Å². The number of carbonyl (C=O) groups excluding carboxylic acids is 2. The number of ether oxygens (including phenoxy) is 1. The summed E-state index contributed by atoms with van der Waals surface area (Å²) >= 11 is 0. The molecule has 1 atom stereocenters. The van der Waals surface area contributed by atoms with Crippen LogP contribution in [0, 0.1) is 0 Å². The number of aliphatic hydroxyl groups is 1. The molecule has 1 aliphatic rings. The van der Waals surface area contributed by atoms with E-state index in [2.05, 4.69) is 18.7 Å². The summed E-state index contributed by atoms with van der Waals surface area (Å²) in [6, 6.07) is 15.6. The van der Waals surface area contributed by atoms with Gasteiger partial charge in [0.05, 0.1) is 18.7 Å². The van der Waals surface area contributed by atoms with E-state index in [9.17, 15) is 14.7 Å². The molecule has 2 aromatic rings. The molecule has 0 radical (unpaired) electrons. The van der Waals surface area contributed by atoms with E-state index in [1.54, 1.807) is 36.3 Å². The Morgan fingerprint density at radius 3 is 2.09 bits per heavy atom. The second kappa shape index (κ2) is 13.1. The fraction of sp³-hybridized carbons (Fsp3) is 0.448. The maximum Gasteiger partial charge on any atom is 0.295 e. The van der Waals surface area contributed by atoms with Gasteiger partial charge in [0.15, 0.2) is 0 Å². The van der Waals surface area contributed by atoms with Gasteiger partial charge >= 0.3 is 0 Å². The number of hydrogen-bond acceptors (Lipinski definition) is 5. The Hall–Kier alpha value is -3.12. The van der Waals surface area contributed by atoms with E-state index in [4.69, 9.17) is 4.74 Å². The van der Waals surface area contributed by atoms with E-state index >= 15 is 0 Å². The third-order valence-corrected chi connectivity index (χ3v) is 6.55. The highest BCUT2D eigenvalue weighted by molar-refractivity contribution is 6.46. The van der Waals surface area contributed by atoms with Crippen molar-refractivity contribution in [2.24, 2.45) is 0 Å². The molecule has 2 aromatic carbocycles. The molecule has 1 saturated heterocycles. The van der Waals surface area contributed by atoms with Crippen LogP contribution < -0.4 is 4.74 Å². The molecule has 0 aliphatic carbocycles. The molecular formula is C29H38N2O4. The second-order valence-electron chi connectivity index (χ2n) is 9.03. The highest BCUT2D eigenvalue weighted by Gasteiger charge is 2.45. The number of amides is 1. The number of methoxy groups -OCH3 is 1. The van der Waals surface area contributed by atoms with E-state index in [1.807, 2.05) is 30.3 Å². The quantitative estimate of drug-likeness (QED) is 0.237. The number of Topliss-reactive ketones (excluding diaryl/α,β-unsaturated/α-hetero) is 1. The Balaban J connectivity index is 1.89. The minimum atomic E-state index is -0.638. The molecule has 0 saturated carbocycles. The van der Waals surface area contributed by atoms with E-state index < -0.39 is 17.7 Å². The van der Waals surface area contributed by atoms with Crippen LogP contribution in [0.4, 0.5) is 0 Å². The van der Waals surface area contributed by atoms with Crippen molar-refractivity contribution in [3.05, 3.63) is 71.3 Å². The minimum Gasteiger partial charge on any atom is -0.507 e. The van der Waals surface area contributed by atoms with Crippen molar-refractivity contribution >= 4 is 17.4 Å². The summed E-state index contributed by atoms with van der Waals surface area (Å²) in [7, 11) is 1.60. The molecule has 0 bridgehead atoms. The Labute approximate surface area is 209 Å². The number of hydrogen-bond donors (Lipinski definition) is 1. The van der Waals surface area contributed by atoms with Crippen LogP contribution in [0.1, 0.15) is 63.1 Å². The molecule has 0 spiro atoms. The number of rotatable bonds is 13. The molecule has 188 valence electrons. The summed E-state index contributed by atoms with van der Waals surface area (Å²) in [5.41, 5.74) is 1.44. The lowest BCUT2D eigenvalue weighted by atomic mass is 9.95. The highest BCUT2D eigenvalue weighted by atomic mass is 16.5. The van der Waals surface area contributed by atoms with Crippen LogP contribution in [0.25, 0.3) is 5.76 Å². The normalized spacial score (nSPS) is 17.4. The zero-order valence-electron chi connectivity index (χ0n) is 21.2. The van der Waals surface area contributed by atoms with Crippen molar-refractivity contribution in [1.82, 2.24) is 9.80 Å². The zero-order chi connectivity index (χ0) is 25.2. The number of likely N-dealkylation sites (tertiary alicyclic amines) is 1. The maximum absolute atomic E-state index is 13.2. The van der Waals surface area contributed by atoms with E-state index in [-0.39, 0.29) is 11.3 Å². The number of nitrogens with zero attached hydrogens (tertiary/aromatic N) is 2. The molecule has 0 aromatic heterocycles. The number of carbonyl (C=O) groups is 2. The first-order valence-corrected chi connectivity index (χ1v) is 12.7. The van der Waals surface area contributed by atoms with Gasteiger partial charge < -0.3 is 19.6 Å². The molecule has 1 amide bonds. The van der Waals surface area contributed by atoms with E-state index in [0.717, 1.165) is 57.3 Å². The molecule has 6 heteroatoms. The number of unbranched alkanes of at least 4 members (excludes halogenated alkanes) is 2. The lowest BCUT2D eigenvalue weighted by Crippen LogP contribution is -2.34. The fourth-order valence-electron chi connectivity index (χ4n) is 4.56. The summed E-state index contributed by atoms with van der Waals surface area (Å²) in [4.78, 5) is 30.4. The average molecular weight is 479 g/mol. The summed E-state index contributed by atoms with van der Waals surface area (Å²) in [5, 5.41) is 11.1. The van der Waals surface area contributed by atoms with Gasteiger partial charge in [-0.1, -0.05) is 69.2 Å². The molecule has 1 N–H and O–H groups in total. The largest absolute Gasteiger partial charge is 0.507 e. The average Bonchev–Trinajstić information content (AvgIpc) is 3.15. The Morgan fingerprint density at radius 2 is 1.51 bits per heavy atom. The van der Waals surface area contributed by atoms with Gasteiger partial charge in [-0.05, 0) is 56.6 Å². The lowest BCUT2D eigenvalue weighted by Gasteiger charge is -2.27. The van der Waals surface area contributed by atoms with Crippen molar-refractivity contribution in [2.75, 3.05) is 33.3 Å². The molecule has 1 aliphatic heterocycles. The van der Waals surface area contributed by atoms with Crippen LogP contribution in [-0.2, 0) is 9.59 Å². The number of aliphatic hydroxyl groups excluding tert-OH is 1. The molecule has 35 heavy (non-hydrogen) atoms. The van der Waals surface area contributed by atoms with Crippen LogP contribution in [0.5, 0.6) is 5.75 Å². The van der Waals surface area contributed by atoms with Gasteiger partial charge in [0.1, 0.15) is 11.5 Å². The van der Waals surface area contributed by atoms with Gasteiger partial charge in [0, 0.05) is 12.1 Å². The third kappa shape index (κ3) is 6.51. The van der Waals surface area contributed by atoms with Crippen LogP contribution in [-0.4, -0.2) is 59.9 Å². The first-order valence-electron chi connectivity index (χ1n) is 12.7. The predicted octanol–water partition coefficient (Wildman–Crippen LogP) is 5.41. The highest BCUT2D eigenvalue weighted by Crippen LogP contribution is 2.39. The molecule has 3 rings (SSSR count). The molecular weight excluding hydrogens is 440 g/mol. The summed E-state index contributed by atoms with van der Waals surface area (Å²) in [6.07, 6.45) is 5.36. The SMILES string of the molecule is CCCCN(CCCC)CCCN1C(=O)C(=O)C(=C(O)c2ccccc2)[C@@H]1c1ccc(OC)cc1. The number of ketones is 1. The van der Waals surface area contributed by atoms with Crippen LogP contribution in [0.3, 0.4) is 0 Å². The molecule has 1 fully saturated rings. The fourth-order valence-corrected chi connectivity index (χ4v) is 4.56. The Bertz CT molecular complexity index is 993. The van der Waals surface area contributed by atoms with Gasteiger partial charge in [0.25, 0.3) is 11.7 Å². The Kier molecular flexibility index (Phi) is 9.91. The first kappa shape index (κ1) is 26.5. The Morgan fingerprint density at radius 1 is 0.914 bits per heavy atom. The minimum absolute atomic E-state index is 0.139. The summed E-state index contributed by atoms with van der Waals surface area (Å²) in [6.45, 7) is 7.80. The molecule has 0 unspecified atom stereocenters. The van der Waals surface area contributed by atoms with Crippen LogP contribution in [0.2, 0.25) is 0 Å². The van der Waals surface area contributed by atoms with Crippen molar-refractivity contribution < 1.29 is 19.4 Å². The van der Waals surface area contributed by atoms with Crippen LogP contribution in [0.15, 0.2) is 60.2 Å². The van der Waals surface area contributed by atoms with E-state index in [0.29, 0.717) is 17.9 Å². The summed E-state index contributed by atoms with van der Waals surface area (Å²) < 4.78 is 5.29. The maximum atomic E-state index is 13.2. The van der Waals surface area contributed by atoms with Crippen LogP contribution >= 0.6 is 0 Å². The van der Waals surface area contributed by atoms with Gasteiger partial charge in [-0.25, -0.2) is 0 Å². The van der Waals surface area contributed by atoms with Crippen molar-refractivity contribution in [2.45, 2.75) is 52.0 Å². The monoisotopic (exact) mass is 478 g/mol. The molecule has 6 nitrogen and oxygen atoms in total. The van der Waals surface area contributed by atoms with Crippen molar-refractivity contribution in [1.29, 1.82) is 0 Å². The lowest BCUT2D eigenvalue weighted by molar-refractivity contribution is -0.140. The van der Waals surface area contributed by atoms with Gasteiger partial charge in [0.2, 0.25) is 0 Å². The smallest absolute Gasteiger partial charge is 0.295 e. The summed E-state index contributed by atoms with van der Waals surface area (Å²) in [5.74, 6) is -0.644. The van der Waals surface area contributed by atoms with Crippen molar-refractivity contribution in [3.63, 3.8) is 0 Å². The van der Waals surface area contributed by atoms with Crippen molar-refractivity contribution in [3.8, 4) is 5.75 Å². The number of benzene rings is 2. The molecule has 1 heterocycles. The topological polar surface area (TPSA) is 70.1 Å². The zero-order valence-corrected chi connectivity index (χ0v) is 21.2. The van der Waals surface area contributed by atoms with Gasteiger partial charge in [-0.15, -0.1) is 0 Å². The first-order chi connectivity index (χ1) is 17.0. The third-order valence-electron chi connectivity index (χ3n) is 6.55. The standard InChI is InChI=1S/C29H38N2O4/c1-4-6-18-30(19-7-5-2)20-11-21-31-26(22-14-16-24(35-3)17-15-22)25(28(33)29(31)34)27(32)23-12-9-8-10-13-23/h8-10,12-17,26,32H,4-7,11,18-21H2,1-3H3/t26-/m0/s1.